The molecule has 0 saturated carbocycles. The minimum Gasteiger partial charge on any atom is -0.392 e. The summed E-state index contributed by atoms with van der Waals surface area (Å²) in [5, 5.41) is 8.86. The predicted molar refractivity (Wildman–Crippen MR) is 66.1 cm³/mol. The predicted octanol–water partition coefficient (Wildman–Crippen LogP) is 1.28. The van der Waals surface area contributed by atoms with Crippen LogP contribution in [-0.4, -0.2) is 61.3 Å². The van der Waals surface area contributed by atoms with Crippen LogP contribution in [0.15, 0.2) is 0 Å². The van der Waals surface area contributed by atoms with E-state index >= 15 is 0 Å². The summed E-state index contributed by atoms with van der Waals surface area (Å²) in [7, 11) is 4.21. The van der Waals surface area contributed by atoms with Crippen molar-refractivity contribution >= 4 is 0 Å². The highest BCUT2D eigenvalue weighted by molar-refractivity contribution is 4.70. The van der Waals surface area contributed by atoms with Gasteiger partial charge in [-0.2, -0.15) is 0 Å². The van der Waals surface area contributed by atoms with Crippen LogP contribution in [0.1, 0.15) is 27.2 Å². The Bertz CT molecular complexity index is 130. The average Bonchev–Trinajstić information content (AvgIpc) is 2.63. The van der Waals surface area contributed by atoms with Gasteiger partial charge in [0.2, 0.25) is 0 Å². The van der Waals surface area contributed by atoms with Crippen LogP contribution in [0, 0.1) is 5.92 Å². The van der Waals surface area contributed by atoms with Gasteiger partial charge in [0.05, 0.1) is 6.10 Å². The second-order valence-electron chi connectivity index (χ2n) is 4.86. The molecular formula is C12H28N2O. The largest absolute Gasteiger partial charge is 0.392 e. The van der Waals surface area contributed by atoms with E-state index in [9.17, 15) is 0 Å². The molecule has 0 amide bonds. The third-order valence-electron chi connectivity index (χ3n) is 2.99. The molecule has 3 heteroatoms. The van der Waals surface area contributed by atoms with Gasteiger partial charge < -0.3 is 14.9 Å². The Kier molecular flexibility index (Phi) is 7.14. The van der Waals surface area contributed by atoms with Crippen molar-refractivity contribution in [1.29, 1.82) is 0 Å². The van der Waals surface area contributed by atoms with Gasteiger partial charge in [-0.3, -0.25) is 0 Å². The lowest BCUT2D eigenvalue weighted by Crippen LogP contribution is -2.15. The van der Waals surface area contributed by atoms with Crippen LogP contribution in [0.4, 0.5) is 0 Å². The summed E-state index contributed by atoms with van der Waals surface area (Å²) in [6, 6.07) is 0. The van der Waals surface area contributed by atoms with Crippen LogP contribution in [0.3, 0.4) is 0 Å². The fourth-order valence-electron chi connectivity index (χ4n) is 2.07. The SMILES string of the molecule is C.CN1CC[C@H](O)C1.C[C@H]1CCN(C)C1. The Balaban J connectivity index is 0.000000245. The Morgan fingerprint density at radius 1 is 1.00 bits per heavy atom. The normalized spacial score (nSPS) is 32.0. The van der Waals surface area contributed by atoms with Gasteiger partial charge in [0, 0.05) is 19.6 Å². The Morgan fingerprint density at radius 3 is 1.67 bits per heavy atom. The number of aliphatic hydroxyl groups excluding tert-OH is 1. The number of hydrogen-bond acceptors (Lipinski definition) is 3. The molecule has 0 spiro atoms. The molecule has 2 rings (SSSR count). The smallest absolute Gasteiger partial charge is 0.0679 e. The van der Waals surface area contributed by atoms with E-state index in [1.165, 1.54) is 19.5 Å². The molecule has 0 unspecified atom stereocenters. The van der Waals surface area contributed by atoms with Gasteiger partial charge in [-0.15, -0.1) is 0 Å². The minimum atomic E-state index is -0.0509. The Hall–Kier alpha value is -0.120. The highest BCUT2D eigenvalue weighted by Gasteiger charge is 2.15. The number of nitrogens with zero attached hydrogens (tertiary/aromatic N) is 2. The first-order chi connectivity index (χ1) is 6.58. The molecule has 2 heterocycles. The quantitative estimate of drug-likeness (QED) is 0.661. The maximum atomic E-state index is 8.86. The van der Waals surface area contributed by atoms with Crippen LogP contribution < -0.4 is 0 Å². The number of hydrogen-bond donors (Lipinski definition) is 1. The summed E-state index contributed by atoms with van der Waals surface area (Å²) in [4.78, 5) is 4.51. The molecule has 0 aromatic rings. The van der Waals surface area contributed by atoms with E-state index in [1.807, 2.05) is 7.05 Å². The second-order valence-corrected chi connectivity index (χ2v) is 4.86. The van der Waals surface area contributed by atoms with Crippen molar-refractivity contribution in [2.45, 2.75) is 33.3 Å². The molecule has 2 atom stereocenters. The summed E-state index contributed by atoms with van der Waals surface area (Å²) < 4.78 is 0. The van der Waals surface area contributed by atoms with Gasteiger partial charge in [-0.25, -0.2) is 0 Å². The number of likely N-dealkylation sites (tertiary alicyclic amines) is 2. The summed E-state index contributed by atoms with van der Waals surface area (Å²) >= 11 is 0. The molecular weight excluding hydrogens is 188 g/mol. The first kappa shape index (κ1) is 14.9. The highest BCUT2D eigenvalue weighted by atomic mass is 16.3. The molecule has 3 nitrogen and oxygen atoms in total. The fourth-order valence-corrected chi connectivity index (χ4v) is 2.07. The molecule has 2 aliphatic heterocycles. The maximum Gasteiger partial charge on any atom is 0.0679 e. The zero-order chi connectivity index (χ0) is 10.6. The topological polar surface area (TPSA) is 26.7 Å². The van der Waals surface area contributed by atoms with Gasteiger partial charge >= 0.3 is 0 Å². The van der Waals surface area contributed by atoms with Gasteiger partial charge in [0.15, 0.2) is 0 Å². The van der Waals surface area contributed by atoms with Crippen molar-refractivity contribution in [3.63, 3.8) is 0 Å². The molecule has 2 aliphatic rings. The van der Waals surface area contributed by atoms with E-state index in [0.29, 0.717) is 0 Å². The number of rotatable bonds is 0. The lowest BCUT2D eigenvalue weighted by molar-refractivity contribution is 0.183. The van der Waals surface area contributed by atoms with Crippen molar-refractivity contribution in [3.05, 3.63) is 0 Å². The standard InChI is InChI=1S/C6H13N.C5H11NO.CH4/c1-6-3-4-7(2)5-6;1-6-3-2-5(7)4-6;/h6H,3-5H2,1-2H3;5,7H,2-4H2,1H3;1H4/t6-;5-;/m00./s1. The third kappa shape index (κ3) is 6.13. The van der Waals surface area contributed by atoms with E-state index in [1.54, 1.807) is 0 Å². The number of aliphatic hydroxyl groups is 1. The summed E-state index contributed by atoms with van der Waals surface area (Å²) in [5.41, 5.74) is 0. The Labute approximate surface area is 95.1 Å². The van der Waals surface area contributed by atoms with Crippen molar-refractivity contribution in [1.82, 2.24) is 9.80 Å². The van der Waals surface area contributed by atoms with Crippen molar-refractivity contribution < 1.29 is 5.11 Å². The molecule has 0 bridgehead atoms. The van der Waals surface area contributed by atoms with Crippen LogP contribution in [0.2, 0.25) is 0 Å². The molecule has 2 fully saturated rings. The van der Waals surface area contributed by atoms with Gasteiger partial charge in [0.1, 0.15) is 0 Å². The lowest BCUT2D eigenvalue weighted by atomic mass is 10.2. The number of likely N-dealkylation sites (N-methyl/N-ethyl adjacent to an activating group) is 1. The highest BCUT2D eigenvalue weighted by Crippen LogP contribution is 2.11. The van der Waals surface area contributed by atoms with E-state index in [4.69, 9.17) is 5.11 Å². The van der Waals surface area contributed by atoms with Crippen LogP contribution in [-0.2, 0) is 0 Å². The molecule has 0 radical (unpaired) electrons. The fraction of sp³-hybridized carbons (Fsp3) is 1.00. The number of β-amino-alcohol motifs (C(OH)–C–C–N with tert-alkyl or cyclic N) is 1. The summed E-state index contributed by atoms with van der Waals surface area (Å²) in [6.45, 7) is 6.84. The van der Waals surface area contributed by atoms with Gasteiger partial charge in [-0.05, 0) is 39.4 Å². The average molecular weight is 216 g/mol. The van der Waals surface area contributed by atoms with Crippen LogP contribution in [0.25, 0.3) is 0 Å². The second kappa shape index (κ2) is 7.20. The lowest BCUT2D eigenvalue weighted by Gasteiger charge is -2.03. The van der Waals surface area contributed by atoms with E-state index in [2.05, 4.69) is 23.8 Å². The van der Waals surface area contributed by atoms with Crippen LogP contribution in [0.5, 0.6) is 0 Å². The summed E-state index contributed by atoms with van der Waals surface area (Å²) in [5.74, 6) is 0.949. The monoisotopic (exact) mass is 216 g/mol. The molecule has 0 aromatic carbocycles. The van der Waals surface area contributed by atoms with Crippen molar-refractivity contribution in [2.24, 2.45) is 5.92 Å². The van der Waals surface area contributed by atoms with E-state index < -0.39 is 0 Å². The Morgan fingerprint density at radius 2 is 1.53 bits per heavy atom. The first-order valence-corrected chi connectivity index (χ1v) is 5.63. The zero-order valence-electron chi connectivity index (χ0n) is 9.74. The van der Waals surface area contributed by atoms with E-state index in [0.717, 1.165) is 25.4 Å². The van der Waals surface area contributed by atoms with Crippen LogP contribution >= 0.6 is 0 Å². The molecule has 92 valence electrons. The van der Waals surface area contributed by atoms with E-state index in [-0.39, 0.29) is 13.5 Å². The van der Waals surface area contributed by atoms with Gasteiger partial charge in [0.25, 0.3) is 0 Å². The first-order valence-electron chi connectivity index (χ1n) is 5.63. The third-order valence-corrected chi connectivity index (χ3v) is 2.99. The molecule has 0 aliphatic carbocycles. The maximum absolute atomic E-state index is 8.86. The molecule has 2 saturated heterocycles. The zero-order valence-corrected chi connectivity index (χ0v) is 9.74. The van der Waals surface area contributed by atoms with Crippen molar-refractivity contribution in [2.75, 3.05) is 40.3 Å². The summed E-state index contributed by atoms with van der Waals surface area (Å²) in [6.07, 6.45) is 2.30. The molecule has 15 heavy (non-hydrogen) atoms. The van der Waals surface area contributed by atoms with Gasteiger partial charge in [-0.1, -0.05) is 14.4 Å². The molecule has 1 N–H and O–H groups in total. The minimum absolute atomic E-state index is 0. The molecule has 0 aromatic heterocycles. The van der Waals surface area contributed by atoms with Crippen molar-refractivity contribution in [3.8, 4) is 0 Å².